The molecule has 3 aromatic rings. The number of benzene rings is 3. The second-order valence-corrected chi connectivity index (χ2v) is 11.2. The number of hydrogen-bond acceptors (Lipinski definition) is 14. The fourth-order valence-electron chi connectivity index (χ4n) is 4.86. The lowest BCUT2D eigenvalue weighted by Gasteiger charge is -2.42. The molecule has 15 nitrogen and oxygen atoms in total. The van der Waals surface area contributed by atoms with Crippen molar-refractivity contribution in [1.82, 2.24) is 0 Å². The van der Waals surface area contributed by atoms with Crippen molar-refractivity contribution in [2.24, 2.45) is 0 Å². The van der Waals surface area contributed by atoms with Crippen LogP contribution in [-0.4, -0.2) is 95.1 Å². The molecule has 0 bridgehead atoms. The summed E-state index contributed by atoms with van der Waals surface area (Å²) in [7, 11) is 0. The Bertz CT molecular complexity index is 1860. The Morgan fingerprint density at radius 1 is 0.620 bits per heavy atom. The third-order valence-corrected chi connectivity index (χ3v) is 7.45. The van der Waals surface area contributed by atoms with Crippen molar-refractivity contribution in [3.63, 3.8) is 0 Å². The number of phenolic OH excluding ortho intramolecular Hbond substituents is 6. The largest absolute Gasteiger partial charge is 0.504 e. The maximum Gasteiger partial charge on any atom is 0.335 e. The van der Waals surface area contributed by atoms with Gasteiger partial charge in [0.05, 0.1) is 0 Å². The molecule has 15 heteroatoms. The van der Waals surface area contributed by atoms with Crippen LogP contribution in [0.25, 0.3) is 18.2 Å². The fraction of sp³-hybridized carbons (Fsp3) is 0.200. The molecule has 0 saturated heterocycles. The van der Waals surface area contributed by atoms with Crippen LogP contribution in [0.4, 0.5) is 0 Å². The van der Waals surface area contributed by atoms with Gasteiger partial charge in [-0.1, -0.05) is 24.3 Å². The van der Waals surface area contributed by atoms with Crippen molar-refractivity contribution in [3.05, 3.63) is 89.5 Å². The number of ketones is 1. The highest BCUT2D eigenvalue weighted by molar-refractivity contribution is 5.94. The zero-order chi connectivity index (χ0) is 36.6. The molecular weight excluding hydrogens is 660 g/mol. The molecule has 0 spiro atoms. The number of aliphatic hydroxyl groups is 1. The number of esters is 2. The van der Waals surface area contributed by atoms with Crippen LogP contribution in [-0.2, 0) is 33.4 Å². The van der Waals surface area contributed by atoms with Gasteiger partial charge in [0.1, 0.15) is 18.8 Å². The Balaban J connectivity index is 1.58. The smallest absolute Gasteiger partial charge is 0.335 e. The first-order chi connectivity index (χ1) is 23.6. The van der Waals surface area contributed by atoms with Gasteiger partial charge in [-0.15, -0.1) is 0 Å². The van der Waals surface area contributed by atoms with Gasteiger partial charge in [0.15, 0.2) is 52.0 Å². The van der Waals surface area contributed by atoms with Gasteiger partial charge < -0.3 is 55.1 Å². The standard InChI is InChI=1S/C35H32O15/c36-22(7-1-19-2-8-23(37)26(40)13-19)18-48-29-16-35(47,34(45)46)17-30(49-31(43)11-5-20-3-9-24(38)27(41)14-20)33(29)50-32(44)12-6-21-4-10-25(39)28(42)15-21/h1-15,29-30,33,37-42,47H,16-18H2,(H,45,46)/t29-,30+,33-,35+/m0/s1. The van der Waals surface area contributed by atoms with E-state index in [1.165, 1.54) is 60.7 Å². The molecule has 0 aromatic heterocycles. The lowest BCUT2D eigenvalue weighted by molar-refractivity contribution is -0.210. The van der Waals surface area contributed by atoms with E-state index >= 15 is 0 Å². The summed E-state index contributed by atoms with van der Waals surface area (Å²) < 4.78 is 16.6. The van der Waals surface area contributed by atoms with Crippen LogP contribution in [0.15, 0.2) is 72.8 Å². The number of carboxylic acids is 1. The number of carbonyl (C=O) groups excluding carboxylic acids is 3. The van der Waals surface area contributed by atoms with Gasteiger partial charge in [0.25, 0.3) is 0 Å². The molecule has 262 valence electrons. The monoisotopic (exact) mass is 692 g/mol. The van der Waals surface area contributed by atoms with Gasteiger partial charge in [-0.05, 0) is 71.3 Å². The molecule has 8 N–H and O–H groups in total. The summed E-state index contributed by atoms with van der Waals surface area (Å²) in [6.45, 7) is -0.720. The van der Waals surface area contributed by atoms with Crippen molar-refractivity contribution in [3.8, 4) is 34.5 Å². The van der Waals surface area contributed by atoms with Crippen LogP contribution >= 0.6 is 0 Å². The molecule has 1 saturated carbocycles. The minimum absolute atomic E-state index is 0.270. The third kappa shape index (κ3) is 9.62. The van der Waals surface area contributed by atoms with E-state index in [0.29, 0.717) is 5.56 Å². The summed E-state index contributed by atoms with van der Waals surface area (Å²) in [5, 5.41) is 78.4. The summed E-state index contributed by atoms with van der Waals surface area (Å²) in [4.78, 5) is 50.6. The second kappa shape index (κ2) is 15.7. The first-order valence-corrected chi connectivity index (χ1v) is 14.7. The van der Waals surface area contributed by atoms with Crippen LogP contribution in [0.2, 0.25) is 0 Å². The SMILES string of the molecule is O=C(C=Cc1ccc(O)c(O)c1)CO[C@H]1C[C@](O)(C(=O)O)C[C@@H](OC(=O)C=Cc2ccc(O)c(O)c2)[C@H]1OC(=O)C=Cc1ccc(O)c(O)c1. The number of rotatable bonds is 12. The first-order valence-electron chi connectivity index (χ1n) is 14.7. The number of aliphatic carboxylic acids is 1. The quantitative estimate of drug-likeness (QED) is 0.0771. The van der Waals surface area contributed by atoms with Gasteiger partial charge >= 0.3 is 17.9 Å². The van der Waals surface area contributed by atoms with E-state index in [1.807, 2.05) is 0 Å². The molecular formula is C35H32O15. The Labute approximate surface area is 283 Å². The van der Waals surface area contributed by atoms with Crippen LogP contribution < -0.4 is 0 Å². The fourth-order valence-corrected chi connectivity index (χ4v) is 4.86. The molecule has 4 atom stereocenters. The molecule has 50 heavy (non-hydrogen) atoms. The highest BCUT2D eigenvalue weighted by Gasteiger charge is 2.53. The summed E-state index contributed by atoms with van der Waals surface area (Å²) in [5.74, 6) is -7.04. The number of carboxylic acid groups (broad SMARTS) is 1. The highest BCUT2D eigenvalue weighted by Crippen LogP contribution is 2.35. The molecule has 0 aliphatic heterocycles. The van der Waals surface area contributed by atoms with Gasteiger partial charge in [-0.25, -0.2) is 14.4 Å². The summed E-state index contributed by atoms with van der Waals surface area (Å²) >= 11 is 0. The molecule has 0 heterocycles. The third-order valence-electron chi connectivity index (χ3n) is 7.45. The van der Waals surface area contributed by atoms with E-state index in [2.05, 4.69) is 0 Å². The minimum Gasteiger partial charge on any atom is -0.504 e. The van der Waals surface area contributed by atoms with Crippen molar-refractivity contribution < 1.29 is 74.2 Å². The van der Waals surface area contributed by atoms with E-state index in [0.717, 1.165) is 30.4 Å². The van der Waals surface area contributed by atoms with E-state index < -0.39 is 95.8 Å². The van der Waals surface area contributed by atoms with E-state index in [9.17, 15) is 60.0 Å². The average molecular weight is 693 g/mol. The molecule has 1 aliphatic carbocycles. The zero-order valence-electron chi connectivity index (χ0n) is 25.9. The number of hydrogen-bond donors (Lipinski definition) is 8. The topological polar surface area (TPSA) is 258 Å². The molecule has 3 aromatic carbocycles. The van der Waals surface area contributed by atoms with Gasteiger partial charge in [0.2, 0.25) is 0 Å². The average Bonchev–Trinajstić information content (AvgIpc) is 3.06. The minimum atomic E-state index is -2.56. The predicted octanol–water partition coefficient (Wildman–Crippen LogP) is 2.75. The number of carbonyl (C=O) groups is 4. The van der Waals surface area contributed by atoms with Crippen LogP contribution in [0, 0.1) is 0 Å². The lowest BCUT2D eigenvalue weighted by Crippen LogP contribution is -2.59. The van der Waals surface area contributed by atoms with Crippen LogP contribution in [0.1, 0.15) is 29.5 Å². The predicted molar refractivity (Wildman–Crippen MR) is 173 cm³/mol. The number of ether oxygens (including phenoxy) is 3. The first kappa shape index (κ1) is 36.5. The number of phenols is 6. The normalized spacial score (nSPS) is 20.6. The number of aromatic hydroxyl groups is 6. The van der Waals surface area contributed by atoms with Crippen molar-refractivity contribution in [1.29, 1.82) is 0 Å². The van der Waals surface area contributed by atoms with Crippen LogP contribution in [0.5, 0.6) is 34.5 Å². The maximum atomic E-state index is 13.0. The molecule has 0 radical (unpaired) electrons. The maximum absolute atomic E-state index is 13.0. The van der Waals surface area contributed by atoms with E-state index in [1.54, 1.807) is 0 Å². The summed E-state index contributed by atoms with van der Waals surface area (Å²) in [5.41, 5.74) is -1.67. The van der Waals surface area contributed by atoms with E-state index in [-0.39, 0.29) is 16.9 Å². The second-order valence-electron chi connectivity index (χ2n) is 11.2. The molecule has 0 unspecified atom stereocenters. The highest BCUT2D eigenvalue weighted by atomic mass is 16.6. The van der Waals surface area contributed by atoms with Gasteiger partial charge in [0, 0.05) is 25.0 Å². The Kier molecular flexibility index (Phi) is 11.5. The van der Waals surface area contributed by atoms with Crippen molar-refractivity contribution >= 4 is 41.9 Å². The molecule has 1 fully saturated rings. The van der Waals surface area contributed by atoms with Crippen LogP contribution in [0.3, 0.4) is 0 Å². The van der Waals surface area contributed by atoms with Crippen molar-refractivity contribution in [2.45, 2.75) is 36.8 Å². The summed E-state index contributed by atoms with van der Waals surface area (Å²) in [6.07, 6.45) is 0.443. The summed E-state index contributed by atoms with van der Waals surface area (Å²) in [6, 6.07) is 11.2. The van der Waals surface area contributed by atoms with E-state index in [4.69, 9.17) is 14.2 Å². The lowest BCUT2D eigenvalue weighted by atomic mass is 9.79. The molecule has 4 rings (SSSR count). The molecule has 0 amide bonds. The zero-order valence-corrected chi connectivity index (χ0v) is 25.9. The van der Waals surface area contributed by atoms with Gasteiger partial charge in [-0.3, -0.25) is 4.79 Å². The molecule has 1 aliphatic rings. The Morgan fingerprint density at radius 2 is 1.04 bits per heavy atom. The van der Waals surface area contributed by atoms with Crippen molar-refractivity contribution in [2.75, 3.05) is 6.61 Å². The Morgan fingerprint density at radius 3 is 1.48 bits per heavy atom. The Hall–Kier alpha value is -6.32. The van der Waals surface area contributed by atoms with Gasteiger partial charge in [-0.2, -0.15) is 0 Å².